The Morgan fingerprint density at radius 1 is 1.18 bits per heavy atom. The van der Waals surface area contributed by atoms with Crippen molar-refractivity contribution >= 4 is 38.9 Å². The van der Waals surface area contributed by atoms with Gasteiger partial charge in [0.25, 0.3) is 11.8 Å². The summed E-state index contributed by atoms with van der Waals surface area (Å²) in [5.41, 5.74) is 4.72. The number of fused-ring (bicyclic) bond motifs is 1. The number of hydrazone groups is 1. The van der Waals surface area contributed by atoms with Crippen molar-refractivity contribution in [3.05, 3.63) is 72.3 Å². The summed E-state index contributed by atoms with van der Waals surface area (Å²) in [5, 5.41) is 14.8. The van der Waals surface area contributed by atoms with Gasteiger partial charge in [-0.05, 0) is 48.9 Å². The number of imidazole rings is 1. The molecule has 0 radical (unpaired) electrons. The summed E-state index contributed by atoms with van der Waals surface area (Å²) in [6.45, 7) is 1.23. The predicted octanol–water partition coefficient (Wildman–Crippen LogP) is 1.12. The van der Waals surface area contributed by atoms with Gasteiger partial charge < -0.3 is 15.2 Å². The van der Waals surface area contributed by atoms with E-state index >= 15 is 0 Å². The first-order valence-corrected chi connectivity index (χ1v) is 11.5. The average Bonchev–Trinajstić information content (AvgIpc) is 3.41. The maximum absolute atomic E-state index is 12.5. The van der Waals surface area contributed by atoms with Crippen LogP contribution in [0.5, 0.6) is 0 Å². The van der Waals surface area contributed by atoms with Gasteiger partial charge in [0, 0.05) is 36.6 Å². The topological polar surface area (TPSA) is 161 Å². The van der Waals surface area contributed by atoms with Crippen molar-refractivity contribution in [2.45, 2.75) is 17.9 Å². The molecule has 0 saturated heterocycles. The number of primary sulfonamides is 1. The number of hydrogen-bond donors (Lipinski definition) is 4. The van der Waals surface area contributed by atoms with Crippen LogP contribution in [0.3, 0.4) is 0 Å². The molecule has 2 amide bonds. The first-order valence-electron chi connectivity index (χ1n) is 9.97. The van der Waals surface area contributed by atoms with Crippen molar-refractivity contribution in [3.8, 4) is 0 Å². The zero-order valence-electron chi connectivity index (χ0n) is 17.4. The monoisotopic (exact) mass is 467 g/mol. The van der Waals surface area contributed by atoms with Crippen molar-refractivity contribution in [2.24, 2.45) is 10.2 Å². The van der Waals surface area contributed by atoms with E-state index in [9.17, 15) is 18.0 Å². The number of nitrogens with zero attached hydrogens (tertiary/aromatic N) is 3. The molecule has 0 fully saturated rings. The van der Waals surface area contributed by atoms with Crippen LogP contribution in [-0.2, 0) is 21.4 Å². The Morgan fingerprint density at radius 3 is 2.67 bits per heavy atom. The van der Waals surface area contributed by atoms with E-state index in [1.165, 1.54) is 24.3 Å². The summed E-state index contributed by atoms with van der Waals surface area (Å²) in [7, 11) is -3.80. The maximum atomic E-state index is 12.5. The van der Waals surface area contributed by atoms with E-state index in [0.29, 0.717) is 29.0 Å². The minimum Gasteiger partial charge on any atom is -0.352 e. The molecule has 2 heterocycles. The molecule has 4 rings (SSSR count). The van der Waals surface area contributed by atoms with Crippen molar-refractivity contribution in [3.63, 3.8) is 0 Å². The van der Waals surface area contributed by atoms with Gasteiger partial charge in [-0.2, -0.15) is 5.10 Å². The second kappa shape index (κ2) is 9.22. The number of hydrogen-bond acceptors (Lipinski definition) is 7. The lowest BCUT2D eigenvalue weighted by molar-refractivity contribution is -0.110. The molecule has 1 aliphatic heterocycles. The van der Waals surface area contributed by atoms with Crippen molar-refractivity contribution in [1.29, 1.82) is 0 Å². The lowest BCUT2D eigenvalue weighted by atomic mass is 10.1. The summed E-state index contributed by atoms with van der Waals surface area (Å²) in [6, 6.07) is 10.5. The molecule has 1 aromatic heterocycles. The Morgan fingerprint density at radius 2 is 1.97 bits per heavy atom. The van der Waals surface area contributed by atoms with Gasteiger partial charge >= 0.3 is 0 Å². The van der Waals surface area contributed by atoms with Gasteiger partial charge in [0.05, 0.1) is 22.6 Å². The Bertz CT molecular complexity index is 1320. The molecule has 12 heteroatoms. The third-order valence-electron chi connectivity index (χ3n) is 4.92. The Labute approximate surface area is 189 Å². The molecule has 5 N–H and O–H groups in total. The molecule has 33 heavy (non-hydrogen) atoms. The van der Waals surface area contributed by atoms with E-state index in [2.05, 4.69) is 26.1 Å². The third-order valence-corrected chi connectivity index (χ3v) is 5.85. The molecule has 2 aromatic carbocycles. The molecule has 170 valence electrons. The summed E-state index contributed by atoms with van der Waals surface area (Å²) in [6.07, 6.45) is 6.02. The van der Waals surface area contributed by atoms with Crippen LogP contribution in [0.2, 0.25) is 0 Å². The van der Waals surface area contributed by atoms with Crippen molar-refractivity contribution in [2.75, 3.05) is 17.3 Å². The zero-order valence-corrected chi connectivity index (χ0v) is 18.2. The third kappa shape index (κ3) is 5.25. The van der Waals surface area contributed by atoms with Crippen LogP contribution in [0.4, 0.5) is 11.4 Å². The van der Waals surface area contributed by atoms with Crippen molar-refractivity contribution in [1.82, 2.24) is 14.9 Å². The van der Waals surface area contributed by atoms with Gasteiger partial charge in [0.2, 0.25) is 10.0 Å². The van der Waals surface area contributed by atoms with Crippen LogP contribution in [0.1, 0.15) is 22.3 Å². The number of anilines is 2. The minimum atomic E-state index is -3.80. The molecule has 0 unspecified atom stereocenters. The standard InChI is InChI=1S/C21H21N7O4S/c22-33(31,32)16-5-3-15(4-6-16)26-27-19-17-12-14(2-7-18(17)25-21(19)30)20(29)24-8-1-10-28-11-9-23-13-28/h2-7,9,11-13,26H,1,8,10H2,(H,24,29)(H2,22,31,32)(H,25,27,30). The van der Waals surface area contributed by atoms with Crippen LogP contribution in [0.15, 0.2) is 71.2 Å². The van der Waals surface area contributed by atoms with Crippen LogP contribution in [0.25, 0.3) is 0 Å². The number of amides is 2. The molecule has 3 aromatic rings. The molecule has 0 bridgehead atoms. The number of carbonyl (C=O) groups is 2. The van der Waals surface area contributed by atoms with Crippen LogP contribution in [0, 0.1) is 0 Å². The first kappa shape index (κ1) is 22.2. The number of benzene rings is 2. The largest absolute Gasteiger partial charge is 0.352 e. The van der Waals surface area contributed by atoms with Gasteiger partial charge in [-0.1, -0.05) is 0 Å². The normalized spacial score (nSPS) is 14.1. The molecule has 0 saturated carbocycles. The number of aryl methyl sites for hydroxylation is 1. The molecular formula is C21H21N7O4S. The van der Waals surface area contributed by atoms with Gasteiger partial charge in [-0.15, -0.1) is 0 Å². The van der Waals surface area contributed by atoms with Gasteiger partial charge in [-0.25, -0.2) is 18.5 Å². The van der Waals surface area contributed by atoms with Crippen molar-refractivity contribution < 1.29 is 18.0 Å². The number of carbonyl (C=O) groups excluding carboxylic acids is 2. The predicted molar refractivity (Wildman–Crippen MR) is 122 cm³/mol. The molecule has 0 atom stereocenters. The Hall–Kier alpha value is -4.03. The maximum Gasteiger partial charge on any atom is 0.276 e. The van der Waals surface area contributed by atoms with E-state index in [4.69, 9.17) is 5.14 Å². The highest BCUT2D eigenvalue weighted by Gasteiger charge is 2.27. The molecule has 0 aliphatic carbocycles. The quantitative estimate of drug-likeness (QED) is 0.287. The van der Waals surface area contributed by atoms with E-state index in [1.807, 2.05) is 10.8 Å². The second-order valence-corrected chi connectivity index (χ2v) is 8.83. The van der Waals surface area contributed by atoms with Crippen LogP contribution >= 0.6 is 0 Å². The lowest BCUT2D eigenvalue weighted by Gasteiger charge is -2.07. The zero-order chi connectivity index (χ0) is 23.4. The van der Waals surface area contributed by atoms with E-state index in [1.54, 1.807) is 30.7 Å². The first-order chi connectivity index (χ1) is 15.8. The SMILES string of the molecule is NS(=O)(=O)c1ccc(NN=C2C(=O)Nc3ccc(C(=O)NCCCn4ccnc4)cc32)cc1. The lowest BCUT2D eigenvalue weighted by Crippen LogP contribution is -2.25. The highest BCUT2D eigenvalue weighted by atomic mass is 32.2. The number of rotatable bonds is 8. The van der Waals surface area contributed by atoms with Gasteiger partial charge in [0.15, 0.2) is 5.71 Å². The molecule has 0 spiro atoms. The van der Waals surface area contributed by atoms with Crippen LogP contribution in [-0.4, -0.2) is 42.0 Å². The van der Waals surface area contributed by atoms with E-state index < -0.39 is 15.9 Å². The second-order valence-electron chi connectivity index (χ2n) is 7.27. The summed E-state index contributed by atoms with van der Waals surface area (Å²) >= 11 is 0. The molecule has 11 nitrogen and oxygen atoms in total. The number of nitrogens with two attached hydrogens (primary N) is 1. The average molecular weight is 468 g/mol. The van der Waals surface area contributed by atoms with E-state index in [0.717, 1.165) is 13.0 Å². The summed E-state index contributed by atoms with van der Waals surface area (Å²) in [4.78, 5) is 28.8. The smallest absolute Gasteiger partial charge is 0.276 e. The van der Waals surface area contributed by atoms with Gasteiger partial charge in [0.1, 0.15) is 0 Å². The minimum absolute atomic E-state index is 0.0367. The molecular weight excluding hydrogens is 446 g/mol. The number of aromatic nitrogens is 2. The van der Waals surface area contributed by atoms with E-state index in [-0.39, 0.29) is 16.5 Å². The number of sulfonamides is 1. The fourth-order valence-corrected chi connectivity index (χ4v) is 3.74. The molecule has 1 aliphatic rings. The van der Waals surface area contributed by atoms with Crippen LogP contribution < -0.4 is 21.2 Å². The fraction of sp³-hybridized carbons (Fsp3) is 0.143. The van der Waals surface area contributed by atoms with Gasteiger partial charge in [-0.3, -0.25) is 15.0 Å². The summed E-state index contributed by atoms with van der Waals surface area (Å²) in [5.74, 6) is -0.676. The highest BCUT2D eigenvalue weighted by molar-refractivity contribution is 7.89. The summed E-state index contributed by atoms with van der Waals surface area (Å²) < 4.78 is 24.6. The fourth-order valence-electron chi connectivity index (χ4n) is 3.23. The highest BCUT2D eigenvalue weighted by Crippen LogP contribution is 2.25. The Kier molecular flexibility index (Phi) is 6.20. The number of nitrogens with one attached hydrogen (secondary N) is 3. The Balaban J connectivity index is 1.43.